The summed E-state index contributed by atoms with van der Waals surface area (Å²) in [6.45, 7) is 17.3. The summed E-state index contributed by atoms with van der Waals surface area (Å²) in [5.41, 5.74) is 6.20. The van der Waals surface area contributed by atoms with Crippen molar-refractivity contribution in [1.82, 2.24) is 0 Å². The number of aromatic hydroxyl groups is 4. The second kappa shape index (κ2) is 17.6. The van der Waals surface area contributed by atoms with Gasteiger partial charge < -0.3 is 39.4 Å². The van der Waals surface area contributed by atoms with Gasteiger partial charge in [-0.3, -0.25) is 0 Å². The Hall–Kier alpha value is -4.72. The van der Waals surface area contributed by atoms with Gasteiger partial charge in [0.05, 0.1) is 28.4 Å². The molecule has 8 heteroatoms. The minimum absolute atomic E-state index is 0.0950. The van der Waals surface area contributed by atoms with Crippen molar-refractivity contribution < 1.29 is 39.4 Å². The molecule has 5 rings (SSSR count). The molecule has 8 bridgehead atoms. The van der Waals surface area contributed by atoms with Crippen LogP contribution < -0.4 is 18.9 Å². The molecule has 304 valence electrons. The first-order valence-corrected chi connectivity index (χ1v) is 20.2. The van der Waals surface area contributed by atoms with Crippen molar-refractivity contribution in [3.63, 3.8) is 0 Å². The Morgan fingerprint density at radius 3 is 0.661 bits per heavy atom. The van der Waals surface area contributed by atoms with E-state index in [1.165, 1.54) is 0 Å². The Labute approximate surface area is 334 Å². The number of rotatable bonds is 12. The summed E-state index contributed by atoms with van der Waals surface area (Å²) in [6.07, 6.45) is 2.69. The smallest absolute Gasteiger partial charge is 0.126 e. The highest BCUT2D eigenvalue weighted by atomic mass is 16.5. The third-order valence-electron chi connectivity index (χ3n) is 11.3. The number of fused-ring (bicyclic) bond motifs is 8. The van der Waals surface area contributed by atoms with Crippen LogP contribution in [0.15, 0.2) is 48.5 Å². The minimum atomic E-state index is -0.339. The quantitative estimate of drug-likeness (QED) is 0.113. The predicted octanol–water partition coefficient (Wildman–Crippen LogP) is 11.6. The van der Waals surface area contributed by atoms with Crippen LogP contribution in [0.5, 0.6) is 46.0 Å². The van der Waals surface area contributed by atoms with Gasteiger partial charge in [0.2, 0.25) is 0 Å². The number of hydrogen-bond acceptors (Lipinski definition) is 8. The van der Waals surface area contributed by atoms with E-state index in [4.69, 9.17) is 18.9 Å². The monoisotopic (exact) mass is 768 g/mol. The first-order chi connectivity index (χ1) is 26.5. The molecule has 0 unspecified atom stereocenters. The fraction of sp³-hybridized carbons (Fsp3) is 0.500. The molecule has 1 aliphatic carbocycles. The van der Waals surface area contributed by atoms with E-state index in [0.717, 1.165) is 22.3 Å². The van der Waals surface area contributed by atoms with Crippen molar-refractivity contribution in [3.05, 3.63) is 93.0 Å². The van der Waals surface area contributed by atoms with E-state index in [0.29, 0.717) is 70.9 Å². The molecular formula is C48H64O8. The molecule has 4 aromatic carbocycles. The van der Waals surface area contributed by atoms with Crippen LogP contribution in [0.3, 0.4) is 0 Å². The Bertz CT molecular complexity index is 1710. The number of ether oxygens (including phenoxy) is 4. The largest absolute Gasteiger partial charge is 0.508 e. The summed E-state index contributed by atoms with van der Waals surface area (Å²) in [6, 6.07) is 15.0. The van der Waals surface area contributed by atoms with Crippen LogP contribution >= 0.6 is 0 Å². The van der Waals surface area contributed by atoms with Gasteiger partial charge in [0, 0.05) is 92.4 Å². The fourth-order valence-corrected chi connectivity index (χ4v) is 8.90. The van der Waals surface area contributed by atoms with Gasteiger partial charge in [0.25, 0.3) is 0 Å². The Morgan fingerprint density at radius 2 is 0.518 bits per heavy atom. The number of hydrogen-bond donors (Lipinski definition) is 4. The summed E-state index contributed by atoms with van der Waals surface area (Å²) in [7, 11) is 6.42. The normalized spacial score (nSPS) is 18.1. The first-order valence-electron chi connectivity index (χ1n) is 20.2. The number of benzene rings is 4. The van der Waals surface area contributed by atoms with Crippen molar-refractivity contribution in [3.8, 4) is 46.0 Å². The van der Waals surface area contributed by atoms with Gasteiger partial charge in [-0.2, -0.15) is 0 Å². The molecule has 0 heterocycles. The van der Waals surface area contributed by atoms with Crippen molar-refractivity contribution in [2.24, 2.45) is 23.7 Å². The molecule has 0 radical (unpaired) electrons. The lowest BCUT2D eigenvalue weighted by molar-refractivity contribution is 0.382. The highest BCUT2D eigenvalue weighted by Crippen LogP contribution is 2.53. The second-order valence-corrected chi connectivity index (χ2v) is 17.3. The molecule has 56 heavy (non-hydrogen) atoms. The van der Waals surface area contributed by atoms with Crippen LogP contribution in [0.2, 0.25) is 0 Å². The van der Waals surface area contributed by atoms with Gasteiger partial charge in [-0.25, -0.2) is 0 Å². The maximum absolute atomic E-state index is 11.9. The van der Waals surface area contributed by atoms with Gasteiger partial charge in [-0.05, 0) is 73.6 Å². The molecule has 0 spiro atoms. The topological polar surface area (TPSA) is 118 Å². The van der Waals surface area contributed by atoms with Crippen molar-refractivity contribution in [2.75, 3.05) is 28.4 Å². The molecule has 0 fully saturated rings. The van der Waals surface area contributed by atoms with Crippen molar-refractivity contribution in [1.29, 1.82) is 0 Å². The molecule has 0 saturated carbocycles. The Balaban J connectivity index is 2.05. The van der Waals surface area contributed by atoms with Crippen LogP contribution in [-0.4, -0.2) is 48.9 Å². The van der Waals surface area contributed by atoms with Crippen LogP contribution in [0.4, 0.5) is 0 Å². The highest BCUT2D eigenvalue weighted by molar-refractivity contribution is 5.62. The van der Waals surface area contributed by atoms with Crippen molar-refractivity contribution in [2.45, 2.75) is 105 Å². The molecule has 0 amide bonds. The van der Waals surface area contributed by atoms with Crippen molar-refractivity contribution >= 4 is 0 Å². The van der Waals surface area contributed by atoms with Crippen LogP contribution in [0, 0.1) is 23.7 Å². The molecule has 1 aliphatic rings. The van der Waals surface area contributed by atoms with Crippen LogP contribution in [-0.2, 0) is 0 Å². The summed E-state index contributed by atoms with van der Waals surface area (Å²) < 4.78 is 24.1. The summed E-state index contributed by atoms with van der Waals surface area (Å²) in [5.74, 6) is 1.99. The van der Waals surface area contributed by atoms with Gasteiger partial charge in [0.1, 0.15) is 46.0 Å². The summed E-state index contributed by atoms with van der Waals surface area (Å²) in [5, 5.41) is 47.7. The zero-order valence-electron chi connectivity index (χ0n) is 35.5. The fourth-order valence-electron chi connectivity index (χ4n) is 8.90. The maximum atomic E-state index is 11.9. The average molecular weight is 769 g/mol. The van der Waals surface area contributed by atoms with E-state index in [2.05, 4.69) is 55.4 Å². The molecule has 0 saturated heterocycles. The Kier molecular flexibility index (Phi) is 13.3. The number of phenols is 4. The van der Waals surface area contributed by atoms with Gasteiger partial charge in [-0.15, -0.1) is 0 Å². The first kappa shape index (κ1) is 42.4. The summed E-state index contributed by atoms with van der Waals surface area (Å²) in [4.78, 5) is 0. The summed E-state index contributed by atoms with van der Waals surface area (Å²) >= 11 is 0. The lowest BCUT2D eigenvalue weighted by Gasteiger charge is -2.31. The van der Waals surface area contributed by atoms with Gasteiger partial charge in [-0.1, -0.05) is 55.4 Å². The van der Waals surface area contributed by atoms with E-state index in [1.54, 1.807) is 52.7 Å². The maximum Gasteiger partial charge on any atom is 0.126 e. The van der Waals surface area contributed by atoms with E-state index in [9.17, 15) is 20.4 Å². The van der Waals surface area contributed by atoms with Crippen LogP contribution in [0.1, 0.15) is 149 Å². The molecule has 4 atom stereocenters. The molecule has 8 nitrogen and oxygen atoms in total. The van der Waals surface area contributed by atoms with E-state index in [-0.39, 0.29) is 70.3 Å². The standard InChI is InChI=1S/C48H64O8/c1-25(2)13-29-33-17-38(46(54-10)21-41(33)49)31(15-27(5)6)35-19-40(48(56-12)23-43(35)51)32(16-28(7)8)36-20-39(47(55-11)24-44(36)52)30(14-26(3)4)34-18-37(29)45(53-9)22-42(34)50/h17-32,49-52H,13-16H2,1-12H3/t29-,30-,31-,32-/m1/s1. The van der Waals surface area contributed by atoms with Gasteiger partial charge in [0.15, 0.2) is 0 Å². The lowest BCUT2D eigenvalue weighted by Crippen LogP contribution is -2.15. The van der Waals surface area contributed by atoms with E-state index < -0.39 is 0 Å². The average Bonchev–Trinajstić information content (AvgIpc) is 3.13. The van der Waals surface area contributed by atoms with E-state index in [1.807, 2.05) is 24.3 Å². The lowest BCUT2D eigenvalue weighted by atomic mass is 9.75. The second-order valence-electron chi connectivity index (χ2n) is 17.3. The van der Waals surface area contributed by atoms with Crippen LogP contribution in [0.25, 0.3) is 0 Å². The molecule has 0 aliphatic heterocycles. The zero-order valence-corrected chi connectivity index (χ0v) is 35.5. The van der Waals surface area contributed by atoms with Gasteiger partial charge >= 0.3 is 0 Å². The molecule has 4 aromatic rings. The molecular weight excluding hydrogens is 705 g/mol. The predicted molar refractivity (Wildman–Crippen MR) is 224 cm³/mol. The van der Waals surface area contributed by atoms with E-state index >= 15 is 0 Å². The SMILES string of the molecule is COc1cc(O)c2cc1[C@H](CC(C)C)c1cc(c(OC)cc1O)[C@H](CC(C)C)c1cc(c(OC)cc1O)[C@H](CC(C)C)c1cc(c(OC)cc1O)[C@@H]2CC(C)C. The zero-order chi connectivity index (χ0) is 41.2. The number of methoxy groups -OCH3 is 4. The highest BCUT2D eigenvalue weighted by Gasteiger charge is 2.34. The number of phenolic OH excluding ortho intramolecular Hbond substituents is 4. The third-order valence-corrected chi connectivity index (χ3v) is 11.3. The Morgan fingerprint density at radius 1 is 0.339 bits per heavy atom. The molecule has 4 N–H and O–H groups in total. The minimum Gasteiger partial charge on any atom is -0.508 e. The molecule has 0 aromatic heterocycles. The third kappa shape index (κ3) is 8.64.